The van der Waals surface area contributed by atoms with Crippen LogP contribution in [0, 0.1) is 0 Å². The van der Waals surface area contributed by atoms with Gasteiger partial charge in [-0.1, -0.05) is 23.3 Å². The molecule has 0 bridgehead atoms. The fourth-order valence-corrected chi connectivity index (χ4v) is 2.28. The van der Waals surface area contributed by atoms with Crippen molar-refractivity contribution in [3.8, 4) is 17.2 Å². The second-order valence-electron chi connectivity index (χ2n) is 5.90. The molecular formula is C19H22O5. The van der Waals surface area contributed by atoms with Gasteiger partial charge in [0.2, 0.25) is 5.75 Å². The van der Waals surface area contributed by atoms with Crippen LogP contribution in [0.4, 0.5) is 0 Å². The zero-order chi connectivity index (χ0) is 17.7. The van der Waals surface area contributed by atoms with E-state index >= 15 is 0 Å². The van der Waals surface area contributed by atoms with E-state index in [1.54, 1.807) is 12.1 Å². The van der Waals surface area contributed by atoms with Crippen molar-refractivity contribution in [2.75, 3.05) is 6.61 Å². The SMILES string of the molecule is CC(C)=CCC/C(C)=C/COc1cccc2oc(=O)c(O)c(O)c12. The van der Waals surface area contributed by atoms with E-state index in [2.05, 4.69) is 19.9 Å². The molecule has 2 N–H and O–H groups in total. The zero-order valence-corrected chi connectivity index (χ0v) is 14.1. The summed E-state index contributed by atoms with van der Waals surface area (Å²) in [6.07, 6.45) is 6.09. The van der Waals surface area contributed by atoms with E-state index in [0.717, 1.165) is 12.8 Å². The van der Waals surface area contributed by atoms with Gasteiger partial charge in [0.05, 0.1) is 0 Å². The summed E-state index contributed by atoms with van der Waals surface area (Å²) in [5.41, 5.74) is 1.68. The van der Waals surface area contributed by atoms with Crippen LogP contribution in [0.1, 0.15) is 33.6 Å². The molecule has 0 aliphatic heterocycles. The summed E-state index contributed by atoms with van der Waals surface area (Å²) >= 11 is 0. The van der Waals surface area contributed by atoms with Crippen LogP contribution in [0.5, 0.6) is 17.2 Å². The predicted octanol–water partition coefficient (Wildman–Crippen LogP) is 4.28. The molecule has 1 heterocycles. The van der Waals surface area contributed by atoms with Crippen molar-refractivity contribution in [3.05, 3.63) is 51.9 Å². The fourth-order valence-electron chi connectivity index (χ4n) is 2.28. The quantitative estimate of drug-likeness (QED) is 0.610. The number of benzene rings is 1. The molecule has 0 saturated carbocycles. The molecule has 0 unspecified atom stereocenters. The van der Waals surface area contributed by atoms with E-state index in [1.165, 1.54) is 17.2 Å². The molecule has 1 aromatic carbocycles. The lowest BCUT2D eigenvalue weighted by Gasteiger charge is -2.09. The minimum atomic E-state index is -0.979. The van der Waals surface area contributed by atoms with Crippen molar-refractivity contribution in [1.82, 2.24) is 0 Å². The maximum absolute atomic E-state index is 11.4. The van der Waals surface area contributed by atoms with E-state index in [9.17, 15) is 15.0 Å². The van der Waals surface area contributed by atoms with Gasteiger partial charge in [-0.05, 0) is 51.8 Å². The van der Waals surface area contributed by atoms with Crippen molar-refractivity contribution >= 4 is 11.0 Å². The second kappa shape index (κ2) is 7.73. The number of allylic oxidation sites excluding steroid dienone is 3. The zero-order valence-electron chi connectivity index (χ0n) is 14.1. The first-order chi connectivity index (χ1) is 11.4. The standard InChI is InChI=1S/C19H22O5/c1-12(2)6-4-7-13(3)10-11-23-14-8-5-9-15-16(14)17(20)18(21)19(22)24-15/h5-6,8-10,20-21H,4,7,11H2,1-3H3/b13-10+. The first kappa shape index (κ1) is 17.7. The van der Waals surface area contributed by atoms with E-state index in [4.69, 9.17) is 9.15 Å². The Morgan fingerprint density at radius 3 is 2.62 bits per heavy atom. The van der Waals surface area contributed by atoms with E-state index in [1.807, 2.05) is 13.0 Å². The highest BCUT2D eigenvalue weighted by Crippen LogP contribution is 2.36. The molecule has 24 heavy (non-hydrogen) atoms. The Labute approximate surface area is 140 Å². The summed E-state index contributed by atoms with van der Waals surface area (Å²) in [7, 11) is 0. The van der Waals surface area contributed by atoms with Crippen LogP contribution in [-0.4, -0.2) is 16.8 Å². The molecule has 128 valence electrons. The Morgan fingerprint density at radius 2 is 1.92 bits per heavy atom. The molecule has 0 amide bonds. The average molecular weight is 330 g/mol. The average Bonchev–Trinajstić information content (AvgIpc) is 2.52. The maximum Gasteiger partial charge on any atom is 0.382 e. The van der Waals surface area contributed by atoms with Gasteiger partial charge < -0.3 is 19.4 Å². The number of ether oxygens (including phenoxy) is 1. The monoisotopic (exact) mass is 330 g/mol. The van der Waals surface area contributed by atoms with Crippen LogP contribution in [-0.2, 0) is 0 Å². The molecule has 0 aliphatic carbocycles. The van der Waals surface area contributed by atoms with Crippen LogP contribution in [0.25, 0.3) is 11.0 Å². The number of aromatic hydroxyl groups is 2. The normalized spacial score (nSPS) is 11.5. The van der Waals surface area contributed by atoms with Gasteiger partial charge in [0.1, 0.15) is 23.3 Å². The number of fused-ring (bicyclic) bond motifs is 1. The Bertz CT molecular complexity index is 839. The third-order valence-electron chi connectivity index (χ3n) is 3.61. The van der Waals surface area contributed by atoms with Crippen LogP contribution in [0.15, 0.2) is 50.7 Å². The number of hydrogen-bond donors (Lipinski definition) is 2. The summed E-state index contributed by atoms with van der Waals surface area (Å²) in [5.74, 6) is -0.995. The minimum absolute atomic E-state index is 0.164. The van der Waals surface area contributed by atoms with Gasteiger partial charge in [0, 0.05) is 0 Å². The smallest absolute Gasteiger partial charge is 0.382 e. The van der Waals surface area contributed by atoms with Crippen LogP contribution in [0.2, 0.25) is 0 Å². The molecule has 0 spiro atoms. The molecule has 0 saturated heterocycles. The summed E-state index contributed by atoms with van der Waals surface area (Å²) < 4.78 is 10.6. The molecule has 5 heteroatoms. The van der Waals surface area contributed by atoms with Crippen LogP contribution >= 0.6 is 0 Å². The maximum atomic E-state index is 11.4. The van der Waals surface area contributed by atoms with Crippen molar-refractivity contribution in [1.29, 1.82) is 0 Å². The molecule has 0 fully saturated rings. The molecule has 0 radical (unpaired) electrons. The summed E-state index contributed by atoms with van der Waals surface area (Å²) in [6, 6.07) is 4.83. The fraction of sp³-hybridized carbons (Fsp3) is 0.316. The second-order valence-corrected chi connectivity index (χ2v) is 5.90. The lowest BCUT2D eigenvalue weighted by Crippen LogP contribution is -2.00. The lowest BCUT2D eigenvalue weighted by molar-refractivity contribution is 0.356. The summed E-state index contributed by atoms with van der Waals surface area (Å²) in [6.45, 7) is 6.50. The minimum Gasteiger partial charge on any atom is -0.503 e. The van der Waals surface area contributed by atoms with Crippen molar-refractivity contribution in [2.24, 2.45) is 0 Å². The molecular weight excluding hydrogens is 308 g/mol. The third kappa shape index (κ3) is 4.19. The lowest BCUT2D eigenvalue weighted by atomic mass is 10.1. The molecule has 0 atom stereocenters. The van der Waals surface area contributed by atoms with Gasteiger partial charge >= 0.3 is 5.63 Å². The highest BCUT2D eigenvalue weighted by Gasteiger charge is 2.16. The first-order valence-electron chi connectivity index (χ1n) is 7.79. The van der Waals surface area contributed by atoms with Gasteiger partial charge in [-0.2, -0.15) is 0 Å². The van der Waals surface area contributed by atoms with Crippen molar-refractivity contribution in [3.63, 3.8) is 0 Å². The van der Waals surface area contributed by atoms with Crippen molar-refractivity contribution < 1.29 is 19.4 Å². The van der Waals surface area contributed by atoms with E-state index in [0.29, 0.717) is 12.4 Å². The summed E-state index contributed by atoms with van der Waals surface area (Å²) in [5, 5.41) is 19.7. The number of rotatable bonds is 6. The topological polar surface area (TPSA) is 79.9 Å². The molecule has 2 rings (SSSR count). The van der Waals surface area contributed by atoms with Gasteiger partial charge in [-0.25, -0.2) is 4.79 Å². The van der Waals surface area contributed by atoms with Crippen LogP contribution in [0.3, 0.4) is 0 Å². The molecule has 2 aromatic rings. The Kier molecular flexibility index (Phi) is 5.68. The molecule has 1 aromatic heterocycles. The summed E-state index contributed by atoms with van der Waals surface area (Å²) in [4.78, 5) is 11.4. The largest absolute Gasteiger partial charge is 0.503 e. The van der Waals surface area contributed by atoms with Gasteiger partial charge in [-0.15, -0.1) is 0 Å². The van der Waals surface area contributed by atoms with Crippen LogP contribution < -0.4 is 10.4 Å². The van der Waals surface area contributed by atoms with E-state index < -0.39 is 17.1 Å². The number of hydrogen-bond acceptors (Lipinski definition) is 5. The predicted molar refractivity (Wildman–Crippen MR) is 93.7 cm³/mol. The Morgan fingerprint density at radius 1 is 1.17 bits per heavy atom. The Balaban J connectivity index is 2.15. The van der Waals surface area contributed by atoms with Gasteiger partial charge in [0.15, 0.2) is 5.75 Å². The van der Waals surface area contributed by atoms with Gasteiger partial charge in [-0.3, -0.25) is 0 Å². The molecule has 0 aliphatic rings. The van der Waals surface area contributed by atoms with Crippen molar-refractivity contribution in [2.45, 2.75) is 33.6 Å². The highest BCUT2D eigenvalue weighted by molar-refractivity contribution is 5.90. The third-order valence-corrected chi connectivity index (χ3v) is 3.61. The van der Waals surface area contributed by atoms with E-state index in [-0.39, 0.29) is 11.0 Å². The molecule has 5 nitrogen and oxygen atoms in total. The first-order valence-corrected chi connectivity index (χ1v) is 7.79. The van der Waals surface area contributed by atoms with Gasteiger partial charge in [0.25, 0.3) is 0 Å². The Hall–Kier alpha value is -2.69. The highest BCUT2D eigenvalue weighted by atomic mass is 16.5.